The first kappa shape index (κ1) is 13.0. The van der Waals surface area contributed by atoms with Gasteiger partial charge in [-0.2, -0.15) is 0 Å². The van der Waals surface area contributed by atoms with E-state index in [9.17, 15) is 13.6 Å². The smallest absolute Gasteiger partial charge is 0.227 e. The number of hydrogen-bond donors (Lipinski definition) is 2. The lowest BCUT2D eigenvalue weighted by molar-refractivity contribution is -0.119. The van der Waals surface area contributed by atoms with Gasteiger partial charge >= 0.3 is 0 Å². The lowest BCUT2D eigenvalue weighted by Gasteiger charge is -2.12. The molecule has 1 fully saturated rings. The van der Waals surface area contributed by atoms with Crippen LogP contribution in [0.25, 0.3) is 0 Å². The molecule has 0 heterocycles. The van der Waals surface area contributed by atoms with Crippen molar-refractivity contribution >= 4 is 11.6 Å². The van der Waals surface area contributed by atoms with E-state index in [0.717, 1.165) is 18.6 Å². The van der Waals surface area contributed by atoms with E-state index < -0.39 is 11.6 Å². The van der Waals surface area contributed by atoms with Gasteiger partial charge in [0.15, 0.2) is 0 Å². The van der Waals surface area contributed by atoms with Crippen LogP contribution in [0.15, 0.2) is 12.1 Å². The third-order valence-corrected chi connectivity index (χ3v) is 3.35. The standard InChI is InChI=1S/C13H16F2N2O/c1-7-4-11(15)12(6-10(7)14)17-13(18)8-2-3-9(16)5-8/h4,6,8-9H,2-3,5,16H2,1H3,(H,17,18). The zero-order chi connectivity index (χ0) is 13.3. The maximum Gasteiger partial charge on any atom is 0.227 e. The summed E-state index contributed by atoms with van der Waals surface area (Å²) < 4.78 is 26.9. The second-order valence-electron chi connectivity index (χ2n) is 4.84. The third kappa shape index (κ3) is 2.67. The minimum Gasteiger partial charge on any atom is -0.328 e. The van der Waals surface area contributed by atoms with Crippen molar-refractivity contribution in [2.75, 3.05) is 5.32 Å². The van der Waals surface area contributed by atoms with Crippen molar-refractivity contribution in [1.29, 1.82) is 0 Å². The third-order valence-electron chi connectivity index (χ3n) is 3.35. The number of nitrogens with one attached hydrogen (secondary N) is 1. The quantitative estimate of drug-likeness (QED) is 0.851. The Morgan fingerprint density at radius 3 is 2.67 bits per heavy atom. The van der Waals surface area contributed by atoms with Crippen LogP contribution in [-0.4, -0.2) is 11.9 Å². The van der Waals surface area contributed by atoms with Crippen LogP contribution in [0.3, 0.4) is 0 Å². The number of aryl methyl sites for hydroxylation is 1. The Morgan fingerprint density at radius 1 is 1.33 bits per heavy atom. The first-order valence-corrected chi connectivity index (χ1v) is 5.99. The fourth-order valence-corrected chi connectivity index (χ4v) is 2.23. The molecule has 0 aliphatic heterocycles. The summed E-state index contributed by atoms with van der Waals surface area (Å²) >= 11 is 0. The van der Waals surface area contributed by atoms with Gasteiger partial charge in [-0.1, -0.05) is 0 Å². The maximum absolute atomic E-state index is 13.5. The van der Waals surface area contributed by atoms with Crippen molar-refractivity contribution in [2.24, 2.45) is 11.7 Å². The number of anilines is 1. The normalized spacial score (nSPS) is 23.1. The molecule has 3 nitrogen and oxygen atoms in total. The highest BCUT2D eigenvalue weighted by atomic mass is 19.1. The Balaban J connectivity index is 2.09. The summed E-state index contributed by atoms with van der Waals surface area (Å²) in [5, 5.41) is 2.43. The van der Waals surface area contributed by atoms with Crippen molar-refractivity contribution in [2.45, 2.75) is 32.2 Å². The van der Waals surface area contributed by atoms with E-state index in [1.165, 1.54) is 6.92 Å². The van der Waals surface area contributed by atoms with Gasteiger partial charge in [-0.05, 0) is 37.8 Å². The maximum atomic E-state index is 13.5. The Bertz CT molecular complexity index is 476. The first-order valence-electron chi connectivity index (χ1n) is 5.99. The van der Waals surface area contributed by atoms with Crippen LogP contribution in [0, 0.1) is 24.5 Å². The predicted octanol–water partition coefficient (Wildman–Crippen LogP) is 2.34. The van der Waals surface area contributed by atoms with E-state index in [1.807, 2.05) is 0 Å². The summed E-state index contributed by atoms with van der Waals surface area (Å²) in [7, 11) is 0. The van der Waals surface area contributed by atoms with Crippen LogP contribution in [0.4, 0.5) is 14.5 Å². The molecule has 2 atom stereocenters. The number of hydrogen-bond acceptors (Lipinski definition) is 2. The van der Waals surface area contributed by atoms with E-state index in [-0.39, 0.29) is 29.1 Å². The molecule has 1 aromatic rings. The van der Waals surface area contributed by atoms with Gasteiger partial charge in [-0.3, -0.25) is 4.79 Å². The molecule has 3 N–H and O–H groups in total. The van der Waals surface area contributed by atoms with Crippen LogP contribution in [0.2, 0.25) is 0 Å². The van der Waals surface area contributed by atoms with Crippen molar-refractivity contribution in [1.82, 2.24) is 0 Å². The van der Waals surface area contributed by atoms with E-state index in [4.69, 9.17) is 5.73 Å². The number of carbonyl (C=O) groups excluding carboxylic acids is 1. The predicted molar refractivity (Wildman–Crippen MR) is 65.0 cm³/mol. The van der Waals surface area contributed by atoms with E-state index in [2.05, 4.69) is 5.32 Å². The SMILES string of the molecule is Cc1cc(F)c(NC(=O)C2CCC(N)C2)cc1F. The molecule has 1 aromatic carbocycles. The van der Waals surface area contributed by atoms with Gasteiger partial charge in [0.05, 0.1) is 5.69 Å². The Kier molecular flexibility index (Phi) is 3.61. The zero-order valence-corrected chi connectivity index (χ0v) is 10.2. The molecule has 5 heteroatoms. The van der Waals surface area contributed by atoms with Gasteiger partial charge in [-0.25, -0.2) is 8.78 Å². The second kappa shape index (κ2) is 5.02. The van der Waals surface area contributed by atoms with E-state index in [1.54, 1.807) is 0 Å². The number of halogens is 2. The van der Waals surface area contributed by atoms with Crippen LogP contribution in [0.1, 0.15) is 24.8 Å². The molecule has 0 radical (unpaired) electrons. The number of rotatable bonds is 2. The molecule has 2 rings (SSSR count). The number of amides is 1. The highest BCUT2D eigenvalue weighted by molar-refractivity contribution is 5.92. The second-order valence-corrected chi connectivity index (χ2v) is 4.84. The van der Waals surface area contributed by atoms with Gasteiger partial charge in [0.2, 0.25) is 5.91 Å². The van der Waals surface area contributed by atoms with Gasteiger partial charge in [0.1, 0.15) is 11.6 Å². The lowest BCUT2D eigenvalue weighted by Crippen LogP contribution is -2.23. The Labute approximate surface area is 104 Å². The molecule has 2 unspecified atom stereocenters. The zero-order valence-electron chi connectivity index (χ0n) is 10.2. The molecule has 1 amide bonds. The summed E-state index contributed by atoms with van der Waals surface area (Å²) in [6, 6.07) is 2.11. The molecule has 1 saturated carbocycles. The number of nitrogens with two attached hydrogens (primary N) is 1. The molecular weight excluding hydrogens is 238 g/mol. The number of benzene rings is 1. The highest BCUT2D eigenvalue weighted by Gasteiger charge is 2.28. The van der Waals surface area contributed by atoms with Crippen LogP contribution in [-0.2, 0) is 4.79 Å². The molecule has 98 valence electrons. The Morgan fingerprint density at radius 2 is 2.06 bits per heavy atom. The summed E-state index contributed by atoms with van der Waals surface area (Å²) in [4.78, 5) is 11.9. The van der Waals surface area contributed by atoms with Gasteiger partial charge in [0, 0.05) is 18.0 Å². The minimum atomic E-state index is -0.621. The average Bonchev–Trinajstić information content (AvgIpc) is 2.73. The summed E-state index contributed by atoms with van der Waals surface area (Å²) in [5.41, 5.74) is 5.82. The average molecular weight is 254 g/mol. The minimum absolute atomic E-state index is 0.0281. The number of carbonyl (C=O) groups is 1. The van der Waals surface area contributed by atoms with Crippen molar-refractivity contribution in [3.8, 4) is 0 Å². The molecule has 0 bridgehead atoms. The highest BCUT2D eigenvalue weighted by Crippen LogP contribution is 2.26. The summed E-state index contributed by atoms with van der Waals surface area (Å²) in [6.45, 7) is 1.47. The van der Waals surface area contributed by atoms with E-state index >= 15 is 0 Å². The monoisotopic (exact) mass is 254 g/mol. The van der Waals surface area contributed by atoms with Gasteiger partial charge in [0.25, 0.3) is 0 Å². The van der Waals surface area contributed by atoms with Gasteiger partial charge < -0.3 is 11.1 Å². The molecule has 0 spiro atoms. The molecule has 1 aliphatic carbocycles. The van der Waals surface area contributed by atoms with Crippen molar-refractivity contribution in [3.05, 3.63) is 29.3 Å². The molecule has 18 heavy (non-hydrogen) atoms. The van der Waals surface area contributed by atoms with E-state index in [0.29, 0.717) is 12.8 Å². The summed E-state index contributed by atoms with van der Waals surface area (Å²) in [6.07, 6.45) is 2.09. The van der Waals surface area contributed by atoms with Crippen LogP contribution >= 0.6 is 0 Å². The first-order chi connectivity index (χ1) is 8.47. The van der Waals surface area contributed by atoms with Crippen LogP contribution < -0.4 is 11.1 Å². The summed E-state index contributed by atoms with van der Waals surface area (Å²) in [5.74, 6) is -1.65. The lowest BCUT2D eigenvalue weighted by atomic mass is 10.1. The topological polar surface area (TPSA) is 55.1 Å². The van der Waals surface area contributed by atoms with Gasteiger partial charge in [-0.15, -0.1) is 0 Å². The fraction of sp³-hybridized carbons (Fsp3) is 0.462. The Hall–Kier alpha value is -1.49. The van der Waals surface area contributed by atoms with Crippen molar-refractivity contribution in [3.63, 3.8) is 0 Å². The van der Waals surface area contributed by atoms with Crippen LogP contribution in [0.5, 0.6) is 0 Å². The van der Waals surface area contributed by atoms with Crippen molar-refractivity contribution < 1.29 is 13.6 Å². The molecule has 0 saturated heterocycles. The largest absolute Gasteiger partial charge is 0.328 e. The molecular formula is C13H16F2N2O. The fourth-order valence-electron chi connectivity index (χ4n) is 2.23. The molecule has 0 aromatic heterocycles. The molecule has 1 aliphatic rings.